The quantitative estimate of drug-likeness (QED) is 0.779. The second-order valence-corrected chi connectivity index (χ2v) is 7.85. The predicted molar refractivity (Wildman–Crippen MR) is 94.2 cm³/mol. The van der Waals surface area contributed by atoms with E-state index in [-0.39, 0.29) is 48.3 Å². The lowest BCUT2D eigenvalue weighted by molar-refractivity contribution is -0.0499. The lowest BCUT2D eigenvalue weighted by atomic mass is 10.1. The van der Waals surface area contributed by atoms with Crippen LogP contribution in [0.15, 0.2) is 59.5 Å². The molecule has 0 radical (unpaired) electrons. The number of benzene rings is 2. The van der Waals surface area contributed by atoms with Gasteiger partial charge in [-0.25, -0.2) is 8.42 Å². The van der Waals surface area contributed by atoms with E-state index in [1.807, 2.05) is 0 Å². The van der Waals surface area contributed by atoms with E-state index < -0.39 is 16.6 Å². The van der Waals surface area contributed by atoms with Crippen molar-refractivity contribution >= 4 is 15.9 Å². The first-order chi connectivity index (χ1) is 12.9. The fraction of sp³-hybridized carbons (Fsp3) is 0.278. The zero-order valence-electron chi connectivity index (χ0n) is 14.3. The summed E-state index contributed by atoms with van der Waals surface area (Å²) in [5.74, 6) is -0.451. The van der Waals surface area contributed by atoms with Crippen LogP contribution < -0.4 is 4.74 Å². The zero-order valence-corrected chi connectivity index (χ0v) is 15.1. The first kappa shape index (κ1) is 19.2. The molecule has 1 aliphatic rings. The number of rotatable bonds is 5. The number of hydrogen-bond acceptors (Lipinski definition) is 4. The highest BCUT2D eigenvalue weighted by molar-refractivity contribution is 7.89. The van der Waals surface area contributed by atoms with Crippen LogP contribution in [-0.4, -0.2) is 56.3 Å². The van der Waals surface area contributed by atoms with E-state index in [1.54, 1.807) is 18.2 Å². The molecule has 2 aromatic rings. The van der Waals surface area contributed by atoms with Crippen molar-refractivity contribution in [2.45, 2.75) is 11.5 Å². The van der Waals surface area contributed by atoms with Crippen molar-refractivity contribution in [3.8, 4) is 5.75 Å². The third kappa shape index (κ3) is 4.42. The first-order valence-corrected chi connectivity index (χ1v) is 9.71. The molecule has 27 heavy (non-hydrogen) atoms. The van der Waals surface area contributed by atoms with Gasteiger partial charge in [0.15, 0.2) is 0 Å². The molecule has 0 N–H and O–H groups in total. The number of piperazine rings is 1. The Morgan fingerprint density at radius 3 is 2.26 bits per heavy atom. The summed E-state index contributed by atoms with van der Waals surface area (Å²) in [6, 6.07) is 13.7. The molecule has 1 heterocycles. The Labute approximate surface area is 156 Å². The molecule has 1 saturated heterocycles. The fourth-order valence-corrected chi connectivity index (χ4v) is 4.30. The molecule has 0 unspecified atom stereocenters. The number of hydrogen-bond donors (Lipinski definition) is 0. The molecular weight excluding hydrogens is 378 g/mol. The summed E-state index contributed by atoms with van der Waals surface area (Å²) in [5.41, 5.74) is 0.215. The summed E-state index contributed by atoms with van der Waals surface area (Å²) in [6.07, 6.45) is 0. The number of halogens is 2. The summed E-state index contributed by atoms with van der Waals surface area (Å²) in [5, 5.41) is 0. The van der Waals surface area contributed by atoms with Gasteiger partial charge in [-0.1, -0.05) is 24.3 Å². The zero-order chi connectivity index (χ0) is 19.4. The van der Waals surface area contributed by atoms with E-state index in [4.69, 9.17) is 0 Å². The second kappa shape index (κ2) is 8.01. The van der Waals surface area contributed by atoms with Crippen LogP contribution in [0.4, 0.5) is 8.78 Å². The van der Waals surface area contributed by atoms with E-state index in [2.05, 4.69) is 4.74 Å². The monoisotopic (exact) mass is 396 g/mol. The Hall–Kier alpha value is -2.52. The van der Waals surface area contributed by atoms with E-state index in [0.29, 0.717) is 0 Å². The van der Waals surface area contributed by atoms with Crippen LogP contribution in [0.1, 0.15) is 10.4 Å². The molecule has 2 aromatic carbocycles. The van der Waals surface area contributed by atoms with Crippen molar-refractivity contribution in [1.29, 1.82) is 0 Å². The molecule has 0 saturated carbocycles. The molecule has 3 rings (SSSR count). The van der Waals surface area contributed by atoms with E-state index in [9.17, 15) is 22.0 Å². The van der Waals surface area contributed by atoms with Gasteiger partial charge >= 0.3 is 6.61 Å². The van der Waals surface area contributed by atoms with Crippen molar-refractivity contribution in [1.82, 2.24) is 9.21 Å². The highest BCUT2D eigenvalue weighted by Crippen LogP contribution is 2.20. The average molecular weight is 396 g/mol. The first-order valence-electron chi connectivity index (χ1n) is 8.27. The Balaban J connectivity index is 1.66. The smallest absolute Gasteiger partial charge is 0.387 e. The Morgan fingerprint density at radius 2 is 1.63 bits per heavy atom. The van der Waals surface area contributed by atoms with Gasteiger partial charge in [0.2, 0.25) is 10.0 Å². The maximum Gasteiger partial charge on any atom is 0.387 e. The molecule has 0 atom stereocenters. The van der Waals surface area contributed by atoms with Crippen LogP contribution in [0, 0.1) is 0 Å². The average Bonchev–Trinajstić information content (AvgIpc) is 2.68. The predicted octanol–water partition coefficient (Wildman–Crippen LogP) is 2.43. The van der Waals surface area contributed by atoms with Gasteiger partial charge in [0, 0.05) is 31.7 Å². The third-order valence-electron chi connectivity index (χ3n) is 4.21. The number of ether oxygens (including phenoxy) is 1. The molecule has 0 aromatic heterocycles. The maximum atomic E-state index is 12.6. The number of alkyl halides is 2. The molecular formula is C18H18F2N2O4S. The van der Waals surface area contributed by atoms with Crippen molar-refractivity contribution in [2.75, 3.05) is 26.2 Å². The van der Waals surface area contributed by atoms with Crippen LogP contribution in [0.25, 0.3) is 0 Å². The summed E-state index contributed by atoms with van der Waals surface area (Å²) >= 11 is 0. The van der Waals surface area contributed by atoms with Gasteiger partial charge in [-0.2, -0.15) is 13.1 Å². The minimum absolute atomic E-state index is 0.0962. The minimum atomic E-state index is -3.60. The van der Waals surface area contributed by atoms with Crippen LogP contribution in [-0.2, 0) is 10.0 Å². The lowest BCUT2D eigenvalue weighted by Gasteiger charge is -2.34. The van der Waals surface area contributed by atoms with Gasteiger partial charge < -0.3 is 9.64 Å². The van der Waals surface area contributed by atoms with Gasteiger partial charge in [0.05, 0.1) is 4.90 Å². The van der Waals surface area contributed by atoms with Crippen LogP contribution in [0.5, 0.6) is 5.75 Å². The maximum absolute atomic E-state index is 12.6. The van der Waals surface area contributed by atoms with Crippen LogP contribution in [0.2, 0.25) is 0 Å². The normalized spacial score (nSPS) is 15.7. The summed E-state index contributed by atoms with van der Waals surface area (Å²) in [4.78, 5) is 14.3. The van der Waals surface area contributed by atoms with Crippen LogP contribution >= 0.6 is 0 Å². The van der Waals surface area contributed by atoms with E-state index in [1.165, 1.54) is 45.6 Å². The lowest BCUT2D eigenvalue weighted by Crippen LogP contribution is -2.50. The van der Waals surface area contributed by atoms with Crippen molar-refractivity contribution in [3.63, 3.8) is 0 Å². The van der Waals surface area contributed by atoms with E-state index >= 15 is 0 Å². The molecule has 1 aliphatic heterocycles. The summed E-state index contributed by atoms with van der Waals surface area (Å²) < 4.78 is 55.5. The Kier molecular flexibility index (Phi) is 5.71. The van der Waals surface area contributed by atoms with Gasteiger partial charge in [0.1, 0.15) is 5.75 Å². The number of carbonyl (C=O) groups is 1. The summed E-state index contributed by atoms with van der Waals surface area (Å²) in [7, 11) is -3.60. The number of carbonyl (C=O) groups excluding carboxylic acids is 1. The molecule has 0 bridgehead atoms. The number of sulfonamides is 1. The largest absolute Gasteiger partial charge is 0.435 e. The number of nitrogens with zero attached hydrogens (tertiary/aromatic N) is 2. The van der Waals surface area contributed by atoms with Crippen molar-refractivity contribution in [3.05, 3.63) is 60.2 Å². The number of amides is 1. The third-order valence-corrected chi connectivity index (χ3v) is 6.13. The van der Waals surface area contributed by atoms with Gasteiger partial charge in [0.25, 0.3) is 5.91 Å². The van der Waals surface area contributed by atoms with Crippen molar-refractivity contribution in [2.24, 2.45) is 0 Å². The SMILES string of the molecule is O=C(c1cccc(OC(F)F)c1)N1CCN(S(=O)(=O)c2ccccc2)CC1. The fourth-order valence-electron chi connectivity index (χ4n) is 2.86. The molecule has 0 aliphatic carbocycles. The van der Waals surface area contributed by atoms with Crippen LogP contribution in [0.3, 0.4) is 0 Å². The molecule has 6 nitrogen and oxygen atoms in total. The Morgan fingerprint density at radius 1 is 0.963 bits per heavy atom. The van der Waals surface area contributed by atoms with Crippen molar-refractivity contribution < 1.29 is 26.7 Å². The minimum Gasteiger partial charge on any atom is -0.435 e. The highest BCUT2D eigenvalue weighted by atomic mass is 32.2. The van der Waals surface area contributed by atoms with E-state index in [0.717, 1.165) is 0 Å². The molecule has 0 spiro atoms. The standard InChI is InChI=1S/C18H18F2N2O4S/c19-18(20)26-15-6-4-5-14(13-15)17(23)21-9-11-22(12-10-21)27(24,25)16-7-2-1-3-8-16/h1-8,13,18H,9-12H2. The molecule has 9 heteroatoms. The highest BCUT2D eigenvalue weighted by Gasteiger charge is 2.30. The van der Waals surface area contributed by atoms with Gasteiger partial charge in [-0.3, -0.25) is 4.79 Å². The Bertz CT molecular complexity index is 899. The topological polar surface area (TPSA) is 66.9 Å². The summed E-state index contributed by atoms with van der Waals surface area (Å²) in [6.45, 7) is -2.22. The van der Waals surface area contributed by atoms with Gasteiger partial charge in [-0.05, 0) is 30.3 Å². The molecule has 1 amide bonds. The molecule has 1 fully saturated rings. The molecule has 144 valence electrons. The van der Waals surface area contributed by atoms with Gasteiger partial charge in [-0.15, -0.1) is 0 Å². The second-order valence-electron chi connectivity index (χ2n) is 5.92.